The molecule has 1 aliphatic heterocycles. The van der Waals surface area contributed by atoms with Gasteiger partial charge in [0.25, 0.3) is 0 Å². The van der Waals surface area contributed by atoms with Gasteiger partial charge in [0.05, 0.1) is 13.2 Å². The van der Waals surface area contributed by atoms with Crippen molar-refractivity contribution in [3.63, 3.8) is 0 Å². The van der Waals surface area contributed by atoms with E-state index < -0.39 is 0 Å². The van der Waals surface area contributed by atoms with E-state index in [2.05, 4.69) is 12.2 Å². The van der Waals surface area contributed by atoms with Gasteiger partial charge in [0.15, 0.2) is 0 Å². The summed E-state index contributed by atoms with van der Waals surface area (Å²) >= 11 is 0. The molecule has 2 atom stereocenters. The van der Waals surface area contributed by atoms with E-state index in [-0.39, 0.29) is 0 Å². The van der Waals surface area contributed by atoms with Crippen molar-refractivity contribution in [3.05, 3.63) is 12.2 Å². The van der Waals surface area contributed by atoms with Crippen molar-refractivity contribution in [3.8, 4) is 0 Å². The minimum atomic E-state index is 0.856. The smallest absolute Gasteiger partial charge is 0.0500 e. The molecule has 0 spiro atoms. The lowest BCUT2D eigenvalue weighted by atomic mass is 9.86. The molecule has 1 aliphatic carbocycles. The molecule has 1 fully saturated rings. The maximum Gasteiger partial charge on any atom is 0.0500 e. The molecule has 0 aromatic carbocycles. The largest absolute Gasteiger partial charge is 0.381 e. The van der Waals surface area contributed by atoms with Gasteiger partial charge in [0.2, 0.25) is 0 Å². The van der Waals surface area contributed by atoms with Crippen LogP contribution in [0.3, 0.4) is 0 Å². The Balaban J connectivity index is 2.07. The zero-order valence-corrected chi connectivity index (χ0v) is 5.55. The first kappa shape index (κ1) is 5.48. The van der Waals surface area contributed by atoms with Crippen LogP contribution in [-0.2, 0) is 4.74 Å². The Morgan fingerprint density at radius 2 is 1.56 bits per heavy atom. The van der Waals surface area contributed by atoms with Crippen molar-refractivity contribution in [2.45, 2.75) is 12.8 Å². The summed E-state index contributed by atoms with van der Waals surface area (Å²) < 4.78 is 5.35. The molecule has 0 aromatic heterocycles. The number of rotatable bonds is 0. The van der Waals surface area contributed by atoms with Crippen LogP contribution in [0.25, 0.3) is 0 Å². The Morgan fingerprint density at radius 1 is 1.00 bits per heavy atom. The van der Waals surface area contributed by atoms with Crippen LogP contribution < -0.4 is 0 Å². The molecule has 2 rings (SSSR count). The van der Waals surface area contributed by atoms with Crippen LogP contribution in [-0.4, -0.2) is 13.2 Å². The molecule has 0 N–H and O–H groups in total. The quantitative estimate of drug-likeness (QED) is 0.446. The molecule has 9 heavy (non-hydrogen) atoms. The average molecular weight is 124 g/mol. The SMILES string of the molecule is C1=CCC2COCC2C1. The highest BCUT2D eigenvalue weighted by Gasteiger charge is 2.27. The van der Waals surface area contributed by atoms with E-state index >= 15 is 0 Å². The van der Waals surface area contributed by atoms with E-state index in [1.807, 2.05) is 0 Å². The van der Waals surface area contributed by atoms with Gasteiger partial charge in [0.1, 0.15) is 0 Å². The summed E-state index contributed by atoms with van der Waals surface area (Å²) in [7, 11) is 0. The maximum absolute atomic E-state index is 5.35. The van der Waals surface area contributed by atoms with Crippen LogP contribution in [0, 0.1) is 11.8 Å². The normalized spacial score (nSPS) is 40.9. The van der Waals surface area contributed by atoms with Crippen molar-refractivity contribution in [1.82, 2.24) is 0 Å². The Labute approximate surface area is 55.7 Å². The van der Waals surface area contributed by atoms with Crippen LogP contribution in [0.1, 0.15) is 12.8 Å². The molecule has 2 aliphatic rings. The van der Waals surface area contributed by atoms with E-state index in [0.29, 0.717) is 0 Å². The van der Waals surface area contributed by atoms with Crippen LogP contribution >= 0.6 is 0 Å². The van der Waals surface area contributed by atoms with Crippen LogP contribution in [0.5, 0.6) is 0 Å². The summed E-state index contributed by atoms with van der Waals surface area (Å²) in [5, 5.41) is 0. The lowest BCUT2D eigenvalue weighted by Crippen LogP contribution is -2.13. The van der Waals surface area contributed by atoms with Gasteiger partial charge in [0, 0.05) is 0 Å². The fraction of sp³-hybridized carbons (Fsp3) is 0.750. The molecule has 1 heterocycles. The molecule has 0 radical (unpaired) electrons. The van der Waals surface area contributed by atoms with Crippen molar-refractivity contribution in [1.29, 1.82) is 0 Å². The molecule has 0 bridgehead atoms. The van der Waals surface area contributed by atoms with Crippen LogP contribution in [0.4, 0.5) is 0 Å². The highest BCUT2D eigenvalue weighted by Crippen LogP contribution is 2.30. The van der Waals surface area contributed by atoms with E-state index in [1.54, 1.807) is 0 Å². The highest BCUT2D eigenvalue weighted by atomic mass is 16.5. The van der Waals surface area contributed by atoms with E-state index in [0.717, 1.165) is 25.0 Å². The summed E-state index contributed by atoms with van der Waals surface area (Å²) in [4.78, 5) is 0. The third-order valence-electron chi connectivity index (χ3n) is 2.37. The fourth-order valence-corrected chi connectivity index (χ4v) is 1.71. The van der Waals surface area contributed by atoms with E-state index in [4.69, 9.17) is 4.74 Å². The second-order valence-corrected chi connectivity index (χ2v) is 3.00. The number of hydrogen-bond acceptors (Lipinski definition) is 1. The van der Waals surface area contributed by atoms with Crippen molar-refractivity contribution < 1.29 is 4.74 Å². The van der Waals surface area contributed by atoms with E-state index in [1.165, 1.54) is 12.8 Å². The molecule has 0 saturated carbocycles. The summed E-state index contributed by atoms with van der Waals surface area (Å²) in [5.41, 5.74) is 0. The second kappa shape index (κ2) is 2.14. The minimum absolute atomic E-state index is 0.856. The molecule has 1 heteroatoms. The van der Waals surface area contributed by atoms with Gasteiger partial charge in [-0.2, -0.15) is 0 Å². The monoisotopic (exact) mass is 124 g/mol. The second-order valence-electron chi connectivity index (χ2n) is 3.00. The first-order chi connectivity index (χ1) is 4.47. The molecule has 0 aromatic rings. The van der Waals surface area contributed by atoms with E-state index in [9.17, 15) is 0 Å². The molecule has 2 unspecified atom stereocenters. The van der Waals surface area contributed by atoms with Gasteiger partial charge < -0.3 is 4.74 Å². The van der Waals surface area contributed by atoms with Gasteiger partial charge in [-0.05, 0) is 24.7 Å². The Bertz CT molecular complexity index is 115. The van der Waals surface area contributed by atoms with Gasteiger partial charge >= 0.3 is 0 Å². The first-order valence-electron chi connectivity index (χ1n) is 3.69. The van der Waals surface area contributed by atoms with Crippen LogP contribution in [0.2, 0.25) is 0 Å². The molecule has 0 amide bonds. The van der Waals surface area contributed by atoms with Gasteiger partial charge in [-0.25, -0.2) is 0 Å². The van der Waals surface area contributed by atoms with Gasteiger partial charge in [-0.15, -0.1) is 0 Å². The standard InChI is InChI=1S/C8H12O/c1-2-4-8-6-9-5-7(8)3-1/h1-2,7-8H,3-6H2. The zero-order chi connectivity index (χ0) is 6.10. The summed E-state index contributed by atoms with van der Waals surface area (Å²) in [6.07, 6.45) is 7.08. The van der Waals surface area contributed by atoms with Gasteiger partial charge in [-0.1, -0.05) is 12.2 Å². The number of fused-ring (bicyclic) bond motifs is 1. The maximum atomic E-state index is 5.35. The topological polar surface area (TPSA) is 9.23 Å². The Morgan fingerprint density at radius 3 is 2.11 bits per heavy atom. The van der Waals surface area contributed by atoms with Crippen molar-refractivity contribution in [2.24, 2.45) is 11.8 Å². The summed E-state index contributed by atoms with van der Waals surface area (Å²) in [6.45, 7) is 2.02. The van der Waals surface area contributed by atoms with Crippen molar-refractivity contribution in [2.75, 3.05) is 13.2 Å². The highest BCUT2D eigenvalue weighted by molar-refractivity contribution is 4.96. The third-order valence-corrected chi connectivity index (χ3v) is 2.37. The lowest BCUT2D eigenvalue weighted by molar-refractivity contribution is 0.181. The van der Waals surface area contributed by atoms with Crippen molar-refractivity contribution >= 4 is 0 Å². The third kappa shape index (κ3) is 0.897. The Hall–Kier alpha value is -0.300. The summed E-state index contributed by atoms with van der Waals surface area (Å²) in [5.74, 6) is 1.71. The van der Waals surface area contributed by atoms with Crippen LogP contribution in [0.15, 0.2) is 12.2 Å². The number of hydrogen-bond donors (Lipinski definition) is 0. The number of ether oxygens (including phenoxy) is 1. The predicted molar refractivity (Wildman–Crippen MR) is 36.2 cm³/mol. The zero-order valence-electron chi connectivity index (χ0n) is 5.55. The molecule has 1 nitrogen and oxygen atoms in total. The molecule has 1 saturated heterocycles. The Kier molecular flexibility index (Phi) is 1.31. The molecular weight excluding hydrogens is 112 g/mol. The fourth-order valence-electron chi connectivity index (χ4n) is 1.71. The summed E-state index contributed by atoms with van der Waals surface area (Å²) in [6, 6.07) is 0. The molecular formula is C8H12O. The first-order valence-corrected chi connectivity index (χ1v) is 3.69. The lowest BCUT2D eigenvalue weighted by Gasteiger charge is -2.17. The minimum Gasteiger partial charge on any atom is -0.381 e. The number of allylic oxidation sites excluding steroid dienone is 2. The van der Waals surface area contributed by atoms with Gasteiger partial charge in [-0.3, -0.25) is 0 Å². The predicted octanol–water partition coefficient (Wildman–Crippen LogP) is 1.60. The average Bonchev–Trinajstić information content (AvgIpc) is 2.33. The molecule has 50 valence electrons.